The average molecular weight is 213 g/mol. The van der Waals surface area contributed by atoms with Crippen LogP contribution in [0, 0.1) is 0 Å². The second kappa shape index (κ2) is 6.59. The van der Waals surface area contributed by atoms with Gasteiger partial charge in [-0.05, 0) is 19.1 Å². The molecule has 3 nitrogen and oxygen atoms in total. The van der Waals surface area contributed by atoms with Crippen molar-refractivity contribution in [1.29, 1.82) is 0 Å². The van der Waals surface area contributed by atoms with Gasteiger partial charge in [0.25, 0.3) is 0 Å². The van der Waals surface area contributed by atoms with Crippen LogP contribution >= 0.6 is 0 Å². The zero-order chi connectivity index (χ0) is 11.0. The van der Waals surface area contributed by atoms with Gasteiger partial charge in [0.15, 0.2) is 0 Å². The first-order chi connectivity index (χ1) is 6.52. The number of hydrogen-bond donors (Lipinski definition) is 1. The van der Waals surface area contributed by atoms with Crippen molar-refractivity contribution in [2.45, 2.75) is 12.3 Å². The first-order valence-corrected chi connectivity index (χ1v) is 5.42. The number of hydrogen-bond acceptors (Lipinski definition) is 3. The number of nitrogens with two attached hydrogens (primary N) is 1. The van der Waals surface area contributed by atoms with Crippen molar-refractivity contribution < 1.29 is 9.47 Å². The summed E-state index contributed by atoms with van der Waals surface area (Å²) in [6.07, 6.45) is 0. The smallest absolute Gasteiger partial charge is 0.138 e. The van der Waals surface area contributed by atoms with Gasteiger partial charge < -0.3 is 15.2 Å². The van der Waals surface area contributed by atoms with Crippen LogP contribution in [-0.4, -0.2) is 29.9 Å². The molecule has 0 aliphatic rings. The number of para-hydroxylation sites is 1. The van der Waals surface area contributed by atoms with Gasteiger partial charge in [-0.1, -0.05) is 18.2 Å². The van der Waals surface area contributed by atoms with E-state index in [1.165, 1.54) is 0 Å². The largest absolute Gasteiger partial charge is 0.399 e. The number of anilines is 1. The van der Waals surface area contributed by atoms with Crippen LogP contribution in [0.15, 0.2) is 30.3 Å². The maximum atomic E-state index is 5.36. The van der Waals surface area contributed by atoms with Crippen LogP contribution in [0.3, 0.4) is 0 Å². The zero-order valence-electron chi connectivity index (χ0n) is 9.28. The van der Waals surface area contributed by atoms with Gasteiger partial charge in [-0.3, -0.25) is 0 Å². The maximum absolute atomic E-state index is 5.36. The van der Waals surface area contributed by atoms with E-state index in [0.717, 1.165) is 15.9 Å². The fourth-order valence-corrected chi connectivity index (χ4v) is 0.536. The highest BCUT2D eigenvalue weighted by molar-refractivity contribution is 6.13. The molecule has 0 bridgehead atoms. The third kappa shape index (κ3) is 6.65. The molecular weight excluding hydrogens is 194 g/mol. The number of benzene rings is 1. The lowest BCUT2D eigenvalue weighted by molar-refractivity contribution is -0.127. The standard InChI is InChI=1S/C6H7N.C4H12O2Si/c7-6-4-2-1-3-5-6;1-4(7,5-2)6-3/h1-5H,7H2;1-3,7H3. The molecule has 0 heterocycles. The summed E-state index contributed by atoms with van der Waals surface area (Å²) in [6, 6.07) is 9.49. The molecule has 0 fully saturated rings. The molecule has 0 radical (unpaired) electrons. The summed E-state index contributed by atoms with van der Waals surface area (Å²) in [5.41, 5.74) is 5.90. The van der Waals surface area contributed by atoms with E-state index in [-0.39, 0.29) is 5.41 Å². The number of nitrogen functional groups attached to an aromatic ring is 1. The van der Waals surface area contributed by atoms with Crippen molar-refractivity contribution in [2.75, 3.05) is 20.0 Å². The number of ether oxygens (including phenoxy) is 2. The minimum Gasteiger partial charge on any atom is -0.399 e. The summed E-state index contributed by atoms with van der Waals surface area (Å²) in [6.45, 7) is 1.92. The minimum absolute atomic E-state index is 0.278. The molecule has 1 rings (SSSR count). The summed E-state index contributed by atoms with van der Waals surface area (Å²) < 4.78 is 9.85. The van der Waals surface area contributed by atoms with Crippen molar-refractivity contribution in [3.05, 3.63) is 30.3 Å². The molecule has 0 aliphatic heterocycles. The van der Waals surface area contributed by atoms with Crippen molar-refractivity contribution >= 4 is 15.9 Å². The summed E-state index contributed by atoms with van der Waals surface area (Å²) in [5, 5.41) is 0. The highest BCUT2D eigenvalue weighted by Crippen LogP contribution is 2.00. The summed E-state index contributed by atoms with van der Waals surface area (Å²) in [7, 11) is 4.20. The van der Waals surface area contributed by atoms with E-state index in [2.05, 4.69) is 0 Å². The quantitative estimate of drug-likeness (QED) is 0.444. The lowest BCUT2D eigenvalue weighted by Gasteiger charge is -2.20. The molecule has 0 spiro atoms. The van der Waals surface area contributed by atoms with Gasteiger partial charge in [-0.15, -0.1) is 0 Å². The second-order valence-electron chi connectivity index (χ2n) is 3.22. The van der Waals surface area contributed by atoms with Gasteiger partial charge in [0, 0.05) is 19.9 Å². The van der Waals surface area contributed by atoms with Gasteiger partial charge in [0.2, 0.25) is 0 Å². The zero-order valence-corrected chi connectivity index (χ0v) is 11.3. The topological polar surface area (TPSA) is 44.5 Å². The van der Waals surface area contributed by atoms with Crippen molar-refractivity contribution in [3.63, 3.8) is 0 Å². The van der Waals surface area contributed by atoms with Crippen molar-refractivity contribution in [1.82, 2.24) is 0 Å². The Morgan fingerprint density at radius 2 is 1.57 bits per heavy atom. The van der Waals surface area contributed by atoms with Crippen LogP contribution in [0.4, 0.5) is 5.69 Å². The molecule has 0 unspecified atom stereocenters. The van der Waals surface area contributed by atoms with E-state index in [1.807, 2.05) is 37.3 Å². The molecular formula is C10H19NO2Si. The van der Waals surface area contributed by atoms with Crippen molar-refractivity contribution in [2.24, 2.45) is 0 Å². The molecule has 4 heteroatoms. The molecule has 0 saturated carbocycles. The predicted octanol–water partition coefficient (Wildman–Crippen LogP) is 0.587. The average Bonchev–Trinajstić information content (AvgIpc) is 2.20. The third-order valence-electron chi connectivity index (χ3n) is 1.78. The Labute approximate surface area is 88.6 Å². The van der Waals surface area contributed by atoms with E-state index in [0.29, 0.717) is 0 Å². The highest BCUT2D eigenvalue weighted by atomic mass is 28.1. The van der Waals surface area contributed by atoms with E-state index >= 15 is 0 Å². The SMILES string of the molecule is COC(C)([SiH3])OC.Nc1ccccc1. The van der Waals surface area contributed by atoms with E-state index < -0.39 is 0 Å². The van der Waals surface area contributed by atoms with Gasteiger partial charge in [0.05, 0.1) is 10.2 Å². The third-order valence-corrected chi connectivity index (χ3v) is 2.60. The lowest BCUT2D eigenvalue weighted by atomic mass is 10.3. The fraction of sp³-hybridized carbons (Fsp3) is 0.400. The Balaban J connectivity index is 0.000000241. The molecule has 2 N–H and O–H groups in total. The van der Waals surface area contributed by atoms with Crippen LogP contribution in [0.25, 0.3) is 0 Å². The summed E-state index contributed by atoms with van der Waals surface area (Å²) in [4.78, 5) is 0. The summed E-state index contributed by atoms with van der Waals surface area (Å²) >= 11 is 0. The molecule has 14 heavy (non-hydrogen) atoms. The van der Waals surface area contributed by atoms with Gasteiger partial charge in [-0.25, -0.2) is 0 Å². The summed E-state index contributed by atoms with van der Waals surface area (Å²) in [5.74, 6) is 0. The van der Waals surface area contributed by atoms with Gasteiger partial charge in [0.1, 0.15) is 5.41 Å². The van der Waals surface area contributed by atoms with Crippen LogP contribution in [0.1, 0.15) is 6.92 Å². The lowest BCUT2D eigenvalue weighted by Crippen LogP contribution is -2.29. The molecule has 0 atom stereocenters. The van der Waals surface area contributed by atoms with Crippen LogP contribution in [0.2, 0.25) is 0 Å². The maximum Gasteiger partial charge on any atom is 0.138 e. The predicted molar refractivity (Wildman–Crippen MR) is 63.2 cm³/mol. The highest BCUT2D eigenvalue weighted by Gasteiger charge is 2.11. The Morgan fingerprint density at radius 3 is 1.71 bits per heavy atom. The monoisotopic (exact) mass is 213 g/mol. The Bertz CT molecular complexity index is 233. The number of rotatable bonds is 2. The van der Waals surface area contributed by atoms with E-state index in [4.69, 9.17) is 15.2 Å². The van der Waals surface area contributed by atoms with Crippen LogP contribution in [-0.2, 0) is 9.47 Å². The Kier molecular flexibility index (Phi) is 6.19. The second-order valence-corrected chi connectivity index (χ2v) is 5.04. The normalized spacial score (nSPS) is 10.5. The Morgan fingerprint density at radius 1 is 1.14 bits per heavy atom. The van der Waals surface area contributed by atoms with Crippen molar-refractivity contribution in [3.8, 4) is 0 Å². The van der Waals surface area contributed by atoms with E-state index in [9.17, 15) is 0 Å². The molecule has 0 amide bonds. The van der Waals surface area contributed by atoms with Gasteiger partial charge in [-0.2, -0.15) is 0 Å². The molecule has 1 aromatic rings. The molecule has 0 saturated heterocycles. The van der Waals surface area contributed by atoms with Gasteiger partial charge >= 0.3 is 0 Å². The Hall–Kier alpha value is -0.843. The van der Waals surface area contributed by atoms with Crippen LogP contribution < -0.4 is 5.73 Å². The fourth-order valence-electron chi connectivity index (χ4n) is 0.536. The number of methoxy groups -OCH3 is 2. The van der Waals surface area contributed by atoms with Crippen LogP contribution in [0.5, 0.6) is 0 Å². The van der Waals surface area contributed by atoms with E-state index in [1.54, 1.807) is 14.2 Å². The molecule has 80 valence electrons. The first-order valence-electron chi connectivity index (χ1n) is 4.42. The molecule has 0 aromatic heterocycles. The molecule has 0 aliphatic carbocycles. The minimum atomic E-state index is -0.278. The first kappa shape index (κ1) is 13.2. The molecule has 1 aromatic carbocycles.